The van der Waals surface area contributed by atoms with Gasteiger partial charge in [-0.3, -0.25) is 9.69 Å². The minimum atomic E-state index is -0.502. The maximum atomic E-state index is 12.0. The van der Waals surface area contributed by atoms with Crippen molar-refractivity contribution in [1.82, 2.24) is 4.90 Å². The van der Waals surface area contributed by atoms with Crippen LogP contribution in [-0.4, -0.2) is 36.8 Å². The third-order valence-electron chi connectivity index (χ3n) is 8.22. The summed E-state index contributed by atoms with van der Waals surface area (Å²) in [6.45, 7) is 8.11. The monoisotopic (exact) mass is 383 g/mol. The van der Waals surface area contributed by atoms with Crippen LogP contribution in [0.1, 0.15) is 70.4 Å². The molecule has 1 aromatic rings. The highest BCUT2D eigenvalue weighted by Gasteiger charge is 2.65. The van der Waals surface area contributed by atoms with Crippen molar-refractivity contribution in [2.75, 3.05) is 19.9 Å². The molecular formula is C24H33NO3. The minimum Gasteiger partial charge on any atom is -0.457 e. The van der Waals surface area contributed by atoms with Gasteiger partial charge in [-0.1, -0.05) is 18.9 Å². The van der Waals surface area contributed by atoms with E-state index in [0.717, 1.165) is 11.8 Å². The highest BCUT2D eigenvalue weighted by molar-refractivity contribution is 5.75. The molecule has 4 aliphatic rings. The van der Waals surface area contributed by atoms with Crippen molar-refractivity contribution in [3.8, 4) is 5.75 Å². The summed E-state index contributed by atoms with van der Waals surface area (Å²) in [5.41, 5.74) is 3.38. The van der Waals surface area contributed by atoms with Crippen LogP contribution in [-0.2, 0) is 21.4 Å². The molecule has 5 rings (SSSR count). The predicted molar refractivity (Wildman–Crippen MR) is 108 cm³/mol. The van der Waals surface area contributed by atoms with Crippen LogP contribution in [0.2, 0.25) is 0 Å². The number of hydrogen-bond acceptors (Lipinski definition) is 4. The first-order chi connectivity index (χ1) is 13.4. The third-order valence-corrected chi connectivity index (χ3v) is 8.22. The number of rotatable bonds is 3. The van der Waals surface area contributed by atoms with Crippen molar-refractivity contribution in [2.24, 2.45) is 10.8 Å². The van der Waals surface area contributed by atoms with Gasteiger partial charge in [-0.25, -0.2) is 0 Å². The normalized spacial score (nSPS) is 35.7. The van der Waals surface area contributed by atoms with Crippen LogP contribution in [0.3, 0.4) is 0 Å². The second kappa shape index (κ2) is 6.22. The first-order valence-corrected chi connectivity index (χ1v) is 11.0. The summed E-state index contributed by atoms with van der Waals surface area (Å²) >= 11 is 0. The van der Waals surface area contributed by atoms with Crippen molar-refractivity contribution >= 4 is 5.97 Å². The molecule has 1 aromatic carbocycles. The van der Waals surface area contributed by atoms with Crippen LogP contribution < -0.4 is 4.74 Å². The number of benzene rings is 1. The number of fused-ring (bicyclic) bond motifs is 1. The number of nitrogens with zero attached hydrogens (tertiary/aromatic N) is 1. The molecule has 1 spiro atoms. The van der Waals surface area contributed by atoms with Gasteiger partial charge in [-0.05, 0) is 94.6 Å². The summed E-state index contributed by atoms with van der Waals surface area (Å²) in [5, 5.41) is 0. The van der Waals surface area contributed by atoms with Crippen molar-refractivity contribution in [3.63, 3.8) is 0 Å². The Bertz CT molecular complexity index is 794. The fourth-order valence-electron chi connectivity index (χ4n) is 6.90. The minimum absolute atomic E-state index is 0.0105. The fourth-order valence-corrected chi connectivity index (χ4v) is 6.90. The third kappa shape index (κ3) is 2.49. The molecule has 3 fully saturated rings. The van der Waals surface area contributed by atoms with E-state index in [9.17, 15) is 4.79 Å². The Hall–Kier alpha value is -1.55. The van der Waals surface area contributed by atoms with E-state index in [4.69, 9.17) is 9.47 Å². The highest BCUT2D eigenvalue weighted by atomic mass is 16.7. The molecule has 28 heavy (non-hydrogen) atoms. The Balaban J connectivity index is 1.43. The summed E-state index contributed by atoms with van der Waals surface area (Å²) in [4.78, 5) is 14.8. The first kappa shape index (κ1) is 18.5. The molecule has 4 heteroatoms. The van der Waals surface area contributed by atoms with Gasteiger partial charge < -0.3 is 9.47 Å². The van der Waals surface area contributed by atoms with Crippen LogP contribution in [0.15, 0.2) is 18.2 Å². The van der Waals surface area contributed by atoms with E-state index in [1.54, 1.807) is 5.56 Å². The first-order valence-electron chi connectivity index (χ1n) is 11.0. The Morgan fingerprint density at radius 2 is 1.93 bits per heavy atom. The molecule has 4 bridgehead atoms. The summed E-state index contributed by atoms with van der Waals surface area (Å²) < 4.78 is 11.2. The Labute approximate surface area is 168 Å². The second-order valence-corrected chi connectivity index (χ2v) is 10.5. The molecule has 0 radical (unpaired) electrons. The second-order valence-electron chi connectivity index (χ2n) is 10.5. The van der Waals surface area contributed by atoms with Crippen LogP contribution >= 0.6 is 0 Å². The maximum absolute atomic E-state index is 12.0. The number of esters is 1. The lowest BCUT2D eigenvalue weighted by Crippen LogP contribution is -2.63. The number of hydrogen-bond donors (Lipinski definition) is 0. The molecule has 1 unspecified atom stereocenters. The molecule has 2 heterocycles. The zero-order chi connectivity index (χ0) is 19.6. The van der Waals surface area contributed by atoms with Gasteiger partial charge in [0, 0.05) is 11.5 Å². The standard InChI is InChI=1S/C24H33NO3/c1-22(2,3)21(26)28-16-27-18-7-6-17-14-20-24-9-5-4-8-23(24,19(17)15-18)10-12-25(20)13-11-24/h6-7,15,20H,4-5,8-14,16H2,1-3H3/t20-,23+,24-/m0/s1. The van der Waals surface area contributed by atoms with Crippen molar-refractivity contribution in [2.45, 2.75) is 77.2 Å². The van der Waals surface area contributed by atoms with E-state index in [1.165, 1.54) is 63.6 Å². The molecule has 2 aliphatic heterocycles. The number of piperidine rings is 1. The van der Waals surface area contributed by atoms with E-state index >= 15 is 0 Å². The maximum Gasteiger partial charge on any atom is 0.314 e. The van der Waals surface area contributed by atoms with Gasteiger partial charge in [0.1, 0.15) is 5.75 Å². The van der Waals surface area contributed by atoms with E-state index in [0.29, 0.717) is 10.8 Å². The van der Waals surface area contributed by atoms with E-state index in [1.807, 2.05) is 20.8 Å². The largest absolute Gasteiger partial charge is 0.457 e. The van der Waals surface area contributed by atoms with E-state index in [2.05, 4.69) is 23.1 Å². The summed E-state index contributed by atoms with van der Waals surface area (Å²) in [6.07, 6.45) is 9.30. The average Bonchev–Trinajstić information content (AvgIpc) is 2.90. The molecule has 0 amide bonds. The fraction of sp³-hybridized carbons (Fsp3) is 0.708. The number of carbonyl (C=O) groups is 1. The molecule has 2 aliphatic carbocycles. The van der Waals surface area contributed by atoms with Crippen LogP contribution in [0, 0.1) is 10.8 Å². The molecule has 0 N–H and O–H groups in total. The Morgan fingerprint density at radius 1 is 1.14 bits per heavy atom. The van der Waals surface area contributed by atoms with Crippen molar-refractivity contribution in [1.29, 1.82) is 0 Å². The smallest absolute Gasteiger partial charge is 0.314 e. The summed E-state index contributed by atoms with van der Waals surface area (Å²) in [7, 11) is 0. The highest BCUT2D eigenvalue weighted by Crippen LogP contribution is 2.67. The quantitative estimate of drug-likeness (QED) is 0.571. The topological polar surface area (TPSA) is 38.8 Å². The molecule has 152 valence electrons. The zero-order valence-electron chi connectivity index (χ0n) is 17.6. The number of carbonyl (C=O) groups excluding carboxylic acids is 1. The summed E-state index contributed by atoms with van der Waals surface area (Å²) in [5.74, 6) is 0.617. The van der Waals surface area contributed by atoms with Gasteiger partial charge in [0.2, 0.25) is 6.79 Å². The molecule has 4 atom stereocenters. The summed E-state index contributed by atoms with van der Waals surface area (Å²) in [6, 6.07) is 7.37. The Morgan fingerprint density at radius 3 is 2.75 bits per heavy atom. The molecule has 0 aromatic heterocycles. The van der Waals surface area contributed by atoms with E-state index < -0.39 is 5.41 Å². The molecule has 2 saturated heterocycles. The van der Waals surface area contributed by atoms with Gasteiger partial charge in [0.25, 0.3) is 0 Å². The van der Waals surface area contributed by atoms with Gasteiger partial charge in [-0.15, -0.1) is 0 Å². The van der Waals surface area contributed by atoms with Gasteiger partial charge in [-0.2, -0.15) is 0 Å². The molecule has 1 saturated carbocycles. The van der Waals surface area contributed by atoms with Crippen molar-refractivity contribution < 1.29 is 14.3 Å². The van der Waals surface area contributed by atoms with Crippen LogP contribution in [0.5, 0.6) is 5.75 Å². The van der Waals surface area contributed by atoms with Gasteiger partial charge >= 0.3 is 5.97 Å². The van der Waals surface area contributed by atoms with E-state index in [-0.39, 0.29) is 12.8 Å². The van der Waals surface area contributed by atoms with Crippen LogP contribution in [0.4, 0.5) is 0 Å². The van der Waals surface area contributed by atoms with Crippen LogP contribution in [0.25, 0.3) is 0 Å². The molecule has 4 nitrogen and oxygen atoms in total. The average molecular weight is 384 g/mol. The van der Waals surface area contributed by atoms with Gasteiger partial charge in [0.05, 0.1) is 5.41 Å². The number of ether oxygens (including phenoxy) is 2. The predicted octanol–water partition coefficient (Wildman–Crippen LogP) is 4.44. The molecular weight excluding hydrogens is 350 g/mol. The SMILES string of the molecule is CC(C)(C)C(=O)OCOc1ccc2c(c1)[C@]13CCCC[C@@]14CCN(CC3)[C@H]4C2. The lowest BCUT2D eigenvalue weighted by molar-refractivity contribution is -0.159. The lowest BCUT2D eigenvalue weighted by atomic mass is 9.44. The lowest BCUT2D eigenvalue weighted by Gasteiger charge is -2.62. The Kier molecular flexibility index (Phi) is 4.11. The zero-order valence-corrected chi connectivity index (χ0v) is 17.6. The van der Waals surface area contributed by atoms with Gasteiger partial charge in [0.15, 0.2) is 0 Å². The van der Waals surface area contributed by atoms with Crippen molar-refractivity contribution in [3.05, 3.63) is 29.3 Å².